The Morgan fingerprint density at radius 1 is 1.00 bits per heavy atom. The Balaban J connectivity index is 1.53. The first-order chi connectivity index (χ1) is 18.4. The molecule has 8 nitrogen and oxygen atoms in total. The Hall–Kier alpha value is -3.43. The average Bonchev–Trinajstić information content (AvgIpc) is 3.44. The molecule has 0 radical (unpaired) electrons. The number of benzene rings is 2. The van der Waals surface area contributed by atoms with Crippen molar-refractivity contribution in [1.29, 1.82) is 0 Å². The summed E-state index contributed by atoms with van der Waals surface area (Å²) in [6.07, 6.45) is 3.41. The number of aryl methyl sites for hydroxylation is 1. The number of amides is 1. The number of carbonyl (C=O) groups excluding carboxylic acids is 1. The molecule has 39 heavy (non-hydrogen) atoms. The molecule has 2 heterocycles. The lowest BCUT2D eigenvalue weighted by atomic mass is 10.0. The standard InChI is InChI=1S/C30H41N5O3Si/c1-29(2,3)38-28(36)31-17-21-8-10-22(11-9-21)23-12-13-25-26(16-23)35(20-37-14-15-39-30(4,5)6)33-27(25)24-18-32-34(7)19-24/h8-13,16,18-19H,14-15,17,20,39H2,1-7H3,(H,31,36). The van der Waals surface area contributed by atoms with Gasteiger partial charge in [-0.2, -0.15) is 10.2 Å². The second-order valence-corrected chi connectivity index (χ2v) is 15.6. The molecule has 4 rings (SSSR count). The second kappa shape index (κ2) is 11.8. The van der Waals surface area contributed by atoms with Gasteiger partial charge in [0.1, 0.15) is 18.0 Å². The van der Waals surface area contributed by atoms with Gasteiger partial charge in [-0.3, -0.25) is 4.68 Å². The summed E-state index contributed by atoms with van der Waals surface area (Å²) in [5.41, 5.74) is 5.57. The predicted octanol–water partition coefficient (Wildman–Crippen LogP) is 5.91. The molecule has 1 N–H and O–H groups in total. The van der Waals surface area contributed by atoms with E-state index < -0.39 is 11.7 Å². The Kier molecular flexibility index (Phi) is 8.61. The van der Waals surface area contributed by atoms with Gasteiger partial charge in [0.15, 0.2) is 0 Å². The Morgan fingerprint density at radius 3 is 2.36 bits per heavy atom. The van der Waals surface area contributed by atoms with Crippen LogP contribution in [0.15, 0.2) is 54.9 Å². The van der Waals surface area contributed by atoms with Crippen molar-refractivity contribution < 1.29 is 14.3 Å². The van der Waals surface area contributed by atoms with Gasteiger partial charge in [0.05, 0.1) is 11.7 Å². The molecule has 0 aliphatic carbocycles. The summed E-state index contributed by atoms with van der Waals surface area (Å²) in [6, 6.07) is 15.8. The number of rotatable bonds is 9. The van der Waals surface area contributed by atoms with Crippen molar-refractivity contribution in [3.8, 4) is 22.4 Å². The minimum absolute atomic E-state index is 0.183. The SMILES string of the molecule is Cn1cc(-c2nn(COCC[SiH2]C(C)(C)C)c3cc(-c4ccc(CNC(=O)OC(C)(C)C)cc4)ccc23)cn1. The zero-order valence-corrected chi connectivity index (χ0v) is 25.7. The normalized spacial score (nSPS) is 12.5. The summed E-state index contributed by atoms with van der Waals surface area (Å²) in [5.74, 6) is 0. The fourth-order valence-corrected chi connectivity index (χ4v) is 5.78. The van der Waals surface area contributed by atoms with Crippen LogP contribution in [0.1, 0.15) is 47.1 Å². The van der Waals surface area contributed by atoms with E-state index in [9.17, 15) is 4.79 Å². The number of alkyl carbamates (subject to hydrolysis) is 1. The molecule has 0 aliphatic heterocycles. The first kappa shape index (κ1) is 28.6. The summed E-state index contributed by atoms with van der Waals surface area (Å²) < 4.78 is 15.2. The maximum atomic E-state index is 12.0. The zero-order chi connectivity index (χ0) is 28.2. The molecule has 0 bridgehead atoms. The van der Waals surface area contributed by atoms with E-state index in [1.54, 1.807) is 4.68 Å². The lowest BCUT2D eigenvalue weighted by Crippen LogP contribution is -2.32. The van der Waals surface area contributed by atoms with Crippen LogP contribution in [-0.2, 0) is 29.8 Å². The van der Waals surface area contributed by atoms with Gasteiger partial charge < -0.3 is 14.8 Å². The molecule has 2 aromatic heterocycles. The molecule has 0 atom stereocenters. The van der Waals surface area contributed by atoms with E-state index in [-0.39, 0.29) is 9.52 Å². The Labute approximate surface area is 233 Å². The Morgan fingerprint density at radius 2 is 1.72 bits per heavy atom. The van der Waals surface area contributed by atoms with Crippen LogP contribution in [0.2, 0.25) is 11.1 Å². The first-order valence-electron chi connectivity index (χ1n) is 13.5. The van der Waals surface area contributed by atoms with Crippen LogP contribution in [0.5, 0.6) is 0 Å². The van der Waals surface area contributed by atoms with Crippen molar-refractivity contribution in [3.05, 3.63) is 60.4 Å². The van der Waals surface area contributed by atoms with Gasteiger partial charge in [0.25, 0.3) is 0 Å². The monoisotopic (exact) mass is 547 g/mol. The maximum absolute atomic E-state index is 12.0. The number of ether oxygens (including phenoxy) is 2. The van der Waals surface area contributed by atoms with Crippen LogP contribution >= 0.6 is 0 Å². The summed E-state index contributed by atoms with van der Waals surface area (Å²) in [6.45, 7) is 14.1. The second-order valence-electron chi connectivity index (χ2n) is 12.2. The predicted molar refractivity (Wildman–Crippen MR) is 159 cm³/mol. The molecule has 2 aromatic carbocycles. The first-order valence-corrected chi connectivity index (χ1v) is 15.2. The number of hydrogen-bond donors (Lipinski definition) is 1. The quantitative estimate of drug-likeness (QED) is 0.208. The van der Waals surface area contributed by atoms with Crippen molar-refractivity contribution in [3.63, 3.8) is 0 Å². The highest BCUT2D eigenvalue weighted by Gasteiger charge is 2.17. The molecule has 0 saturated heterocycles. The van der Waals surface area contributed by atoms with Crippen molar-refractivity contribution in [2.24, 2.45) is 7.05 Å². The van der Waals surface area contributed by atoms with Crippen molar-refractivity contribution in [1.82, 2.24) is 24.9 Å². The van der Waals surface area contributed by atoms with Crippen LogP contribution in [0, 0.1) is 0 Å². The third-order valence-corrected chi connectivity index (χ3v) is 8.42. The third kappa shape index (κ3) is 8.03. The van der Waals surface area contributed by atoms with Gasteiger partial charge in [0.2, 0.25) is 0 Å². The minimum Gasteiger partial charge on any atom is -0.444 e. The maximum Gasteiger partial charge on any atom is 0.407 e. The smallest absolute Gasteiger partial charge is 0.407 e. The van der Waals surface area contributed by atoms with E-state index in [0.29, 0.717) is 18.3 Å². The molecular weight excluding hydrogens is 506 g/mol. The largest absolute Gasteiger partial charge is 0.444 e. The van der Waals surface area contributed by atoms with Crippen LogP contribution in [0.25, 0.3) is 33.3 Å². The number of fused-ring (bicyclic) bond motifs is 1. The van der Waals surface area contributed by atoms with Crippen LogP contribution < -0.4 is 5.32 Å². The van der Waals surface area contributed by atoms with Crippen molar-refractivity contribution in [2.45, 2.75) is 71.5 Å². The third-order valence-electron chi connectivity index (χ3n) is 6.28. The average molecular weight is 548 g/mol. The van der Waals surface area contributed by atoms with E-state index in [1.807, 2.05) is 57.0 Å². The van der Waals surface area contributed by atoms with Crippen molar-refractivity contribution >= 4 is 26.5 Å². The summed E-state index contributed by atoms with van der Waals surface area (Å²) in [5, 5.41) is 13.6. The molecule has 0 saturated carbocycles. The van der Waals surface area contributed by atoms with Crippen LogP contribution in [0.4, 0.5) is 4.79 Å². The summed E-state index contributed by atoms with van der Waals surface area (Å²) in [7, 11) is 1.73. The molecule has 1 amide bonds. The fourth-order valence-electron chi connectivity index (χ4n) is 4.37. The number of carbonyl (C=O) groups is 1. The van der Waals surface area contributed by atoms with E-state index in [0.717, 1.165) is 51.5 Å². The highest BCUT2D eigenvalue weighted by atomic mass is 28.2. The lowest BCUT2D eigenvalue weighted by Gasteiger charge is -2.19. The zero-order valence-electron chi connectivity index (χ0n) is 24.2. The van der Waals surface area contributed by atoms with E-state index in [4.69, 9.17) is 14.6 Å². The lowest BCUT2D eigenvalue weighted by molar-refractivity contribution is 0.0523. The highest BCUT2D eigenvalue weighted by Crippen LogP contribution is 2.32. The molecule has 0 aliphatic rings. The van der Waals surface area contributed by atoms with E-state index >= 15 is 0 Å². The fraction of sp³-hybridized carbons (Fsp3) is 0.433. The minimum atomic E-state index is -0.519. The molecular formula is C30H41N5O3Si. The molecule has 9 heteroatoms. The van der Waals surface area contributed by atoms with Gasteiger partial charge in [-0.15, -0.1) is 0 Å². The van der Waals surface area contributed by atoms with Crippen LogP contribution in [0.3, 0.4) is 0 Å². The van der Waals surface area contributed by atoms with Crippen LogP contribution in [-0.4, -0.2) is 47.4 Å². The molecule has 4 aromatic rings. The number of nitrogens with one attached hydrogen (secondary N) is 1. The highest BCUT2D eigenvalue weighted by molar-refractivity contribution is 6.39. The van der Waals surface area contributed by atoms with E-state index in [2.05, 4.69) is 61.5 Å². The summed E-state index contributed by atoms with van der Waals surface area (Å²) in [4.78, 5) is 12.0. The number of hydrogen-bond acceptors (Lipinski definition) is 5. The molecule has 0 unspecified atom stereocenters. The molecule has 208 valence electrons. The van der Waals surface area contributed by atoms with Gasteiger partial charge in [-0.25, -0.2) is 9.48 Å². The molecule has 0 fully saturated rings. The van der Waals surface area contributed by atoms with Crippen molar-refractivity contribution in [2.75, 3.05) is 6.61 Å². The Bertz CT molecular complexity index is 1410. The number of nitrogens with zero attached hydrogens (tertiary/aromatic N) is 4. The molecule has 0 spiro atoms. The van der Waals surface area contributed by atoms with E-state index in [1.165, 1.54) is 0 Å². The van der Waals surface area contributed by atoms with Gasteiger partial charge in [-0.1, -0.05) is 51.1 Å². The van der Waals surface area contributed by atoms with Gasteiger partial charge in [0, 0.05) is 46.9 Å². The number of aromatic nitrogens is 4. The summed E-state index contributed by atoms with van der Waals surface area (Å²) >= 11 is 0. The topological polar surface area (TPSA) is 83.2 Å². The van der Waals surface area contributed by atoms with Gasteiger partial charge in [-0.05, 0) is 60.7 Å². The van der Waals surface area contributed by atoms with Gasteiger partial charge >= 0.3 is 6.09 Å².